The van der Waals surface area contributed by atoms with Crippen LogP contribution in [0.3, 0.4) is 0 Å². The molecule has 0 unspecified atom stereocenters. The number of ether oxygens (including phenoxy) is 1. The van der Waals surface area contributed by atoms with Gasteiger partial charge in [-0.1, -0.05) is 0 Å². The van der Waals surface area contributed by atoms with Crippen molar-refractivity contribution in [1.29, 1.82) is 0 Å². The van der Waals surface area contributed by atoms with Gasteiger partial charge in [-0.05, 0) is 6.42 Å². The molecule has 0 spiro atoms. The predicted molar refractivity (Wildman–Crippen MR) is 71.1 cm³/mol. The first-order valence-electron chi connectivity index (χ1n) is 6.21. The van der Waals surface area contributed by atoms with Gasteiger partial charge in [0.25, 0.3) is 5.91 Å². The number of pyridine rings is 1. The lowest BCUT2D eigenvalue weighted by Crippen LogP contribution is -2.47. The number of rotatable bonds is 5. The Hall–Kier alpha value is -2.55. The molecule has 21 heavy (non-hydrogen) atoms. The molecule has 2 rings (SSSR count). The van der Waals surface area contributed by atoms with Crippen molar-refractivity contribution in [3.8, 4) is 5.75 Å². The number of carboxylic acids is 1. The van der Waals surface area contributed by atoms with Crippen LogP contribution in [0.2, 0.25) is 0 Å². The first-order valence-corrected chi connectivity index (χ1v) is 6.21. The van der Waals surface area contributed by atoms with Crippen LogP contribution in [0.1, 0.15) is 27.3 Å². The second-order valence-electron chi connectivity index (χ2n) is 4.48. The van der Waals surface area contributed by atoms with E-state index >= 15 is 0 Å². The maximum atomic E-state index is 12.2. The fourth-order valence-corrected chi connectivity index (χ4v) is 2.05. The molecule has 0 fully saturated rings. The Morgan fingerprint density at radius 3 is 2.81 bits per heavy atom. The Kier molecular flexibility index (Phi) is 4.13. The molecular formula is C12H15N3O6. The van der Waals surface area contributed by atoms with Gasteiger partial charge in [0.1, 0.15) is 12.2 Å². The van der Waals surface area contributed by atoms with E-state index in [9.17, 15) is 19.5 Å². The van der Waals surface area contributed by atoms with Crippen molar-refractivity contribution in [2.24, 2.45) is 0 Å². The highest BCUT2D eigenvalue weighted by Crippen LogP contribution is 2.18. The molecule has 0 saturated heterocycles. The van der Waals surface area contributed by atoms with Crippen molar-refractivity contribution in [3.63, 3.8) is 0 Å². The van der Waals surface area contributed by atoms with Gasteiger partial charge in [0.2, 0.25) is 5.43 Å². The third-order valence-electron chi connectivity index (χ3n) is 3.11. The topological polar surface area (TPSA) is 121 Å². The van der Waals surface area contributed by atoms with Crippen LogP contribution in [0.5, 0.6) is 5.75 Å². The first kappa shape index (κ1) is 14.9. The van der Waals surface area contributed by atoms with E-state index in [0.29, 0.717) is 19.6 Å². The Balaban J connectivity index is 2.36. The number of nitrogens with one attached hydrogen (secondary N) is 1. The number of amides is 1. The summed E-state index contributed by atoms with van der Waals surface area (Å²) in [4.78, 5) is 36.3. The summed E-state index contributed by atoms with van der Waals surface area (Å²) in [5.41, 5.74) is 0.794. The zero-order valence-corrected chi connectivity index (χ0v) is 11.3. The Bertz CT molecular complexity index is 639. The summed E-state index contributed by atoms with van der Waals surface area (Å²) >= 11 is 0. The molecule has 3 N–H and O–H groups in total. The van der Waals surface area contributed by atoms with E-state index in [4.69, 9.17) is 9.84 Å². The van der Waals surface area contributed by atoms with Crippen molar-refractivity contribution < 1.29 is 24.5 Å². The zero-order chi connectivity index (χ0) is 15.6. The van der Waals surface area contributed by atoms with E-state index in [2.05, 4.69) is 5.43 Å². The predicted octanol–water partition coefficient (Wildman–Crippen LogP) is -0.755. The molecule has 1 aromatic heterocycles. The molecule has 2 heterocycles. The average molecular weight is 297 g/mol. The highest BCUT2D eigenvalue weighted by Gasteiger charge is 2.30. The summed E-state index contributed by atoms with van der Waals surface area (Å²) in [5.74, 6) is -2.89. The summed E-state index contributed by atoms with van der Waals surface area (Å²) in [5, 5.41) is 18.7. The van der Waals surface area contributed by atoms with E-state index in [-0.39, 0.29) is 12.4 Å². The number of hydrogen-bond donors (Lipinski definition) is 3. The molecule has 0 bridgehead atoms. The molecule has 0 aromatic carbocycles. The van der Waals surface area contributed by atoms with Crippen LogP contribution >= 0.6 is 0 Å². The highest BCUT2D eigenvalue weighted by atomic mass is 16.5. The Morgan fingerprint density at radius 2 is 2.19 bits per heavy atom. The molecular weight excluding hydrogens is 282 g/mol. The fraction of sp³-hybridized carbons (Fsp3) is 0.417. The van der Waals surface area contributed by atoms with E-state index in [1.165, 1.54) is 4.90 Å². The standard InChI is InChI=1S/C12H15N3O6/c1-21-4-2-3-14-6-13-15-5-7(12(19)20)9(16)10(17)8(15)11(14)18/h5,13,17H,2-4,6H2,1H3,(H,19,20). The number of fused-ring (bicyclic) bond motifs is 1. The van der Waals surface area contributed by atoms with Crippen molar-refractivity contribution >= 4 is 11.9 Å². The second kappa shape index (κ2) is 5.83. The summed E-state index contributed by atoms with van der Waals surface area (Å²) in [6.45, 7) is 0.991. The quantitative estimate of drug-likeness (QED) is 0.611. The van der Waals surface area contributed by atoms with Gasteiger partial charge in [0, 0.05) is 26.5 Å². The molecule has 114 valence electrons. The van der Waals surface area contributed by atoms with Crippen molar-refractivity contribution in [1.82, 2.24) is 9.58 Å². The van der Waals surface area contributed by atoms with Crippen molar-refractivity contribution in [2.45, 2.75) is 6.42 Å². The molecule has 1 aromatic rings. The van der Waals surface area contributed by atoms with Crippen LogP contribution in [0.25, 0.3) is 0 Å². The smallest absolute Gasteiger partial charge is 0.341 e. The lowest BCUT2D eigenvalue weighted by atomic mass is 10.2. The van der Waals surface area contributed by atoms with E-state index in [1.807, 2.05) is 0 Å². The molecule has 9 nitrogen and oxygen atoms in total. The van der Waals surface area contributed by atoms with Gasteiger partial charge < -0.3 is 25.3 Å². The molecule has 0 radical (unpaired) electrons. The van der Waals surface area contributed by atoms with Gasteiger partial charge in [-0.3, -0.25) is 14.3 Å². The Morgan fingerprint density at radius 1 is 1.48 bits per heavy atom. The van der Waals surface area contributed by atoms with Crippen LogP contribution in [0.15, 0.2) is 11.0 Å². The zero-order valence-electron chi connectivity index (χ0n) is 11.3. The number of carbonyl (C=O) groups is 2. The fourth-order valence-electron chi connectivity index (χ4n) is 2.05. The van der Waals surface area contributed by atoms with Gasteiger partial charge in [0.05, 0.1) is 0 Å². The minimum Gasteiger partial charge on any atom is -0.502 e. The van der Waals surface area contributed by atoms with Gasteiger partial charge in [-0.25, -0.2) is 4.79 Å². The summed E-state index contributed by atoms with van der Waals surface area (Å²) in [6.07, 6.45) is 1.59. The van der Waals surface area contributed by atoms with Crippen LogP contribution in [-0.2, 0) is 4.74 Å². The monoisotopic (exact) mass is 297 g/mol. The number of aromatic carboxylic acids is 1. The number of aromatic hydroxyl groups is 1. The Labute approximate surface area is 119 Å². The molecule has 1 aliphatic rings. The first-order chi connectivity index (χ1) is 9.97. The van der Waals surface area contributed by atoms with Crippen LogP contribution < -0.4 is 10.9 Å². The number of hydrogen-bond acceptors (Lipinski definition) is 6. The number of nitrogens with zero attached hydrogens (tertiary/aromatic N) is 2. The molecule has 1 amide bonds. The van der Waals surface area contributed by atoms with Crippen LogP contribution in [0.4, 0.5) is 0 Å². The van der Waals surface area contributed by atoms with E-state index in [1.54, 1.807) is 7.11 Å². The average Bonchev–Trinajstić information content (AvgIpc) is 2.44. The van der Waals surface area contributed by atoms with E-state index < -0.39 is 28.6 Å². The lowest BCUT2D eigenvalue weighted by molar-refractivity contribution is 0.0675. The van der Waals surface area contributed by atoms with Crippen LogP contribution in [0, 0.1) is 0 Å². The molecule has 1 aliphatic heterocycles. The van der Waals surface area contributed by atoms with Gasteiger partial charge in [-0.2, -0.15) is 0 Å². The summed E-state index contributed by atoms with van der Waals surface area (Å²) < 4.78 is 5.96. The SMILES string of the molecule is COCCCN1CNn2cc(C(=O)O)c(=O)c(O)c2C1=O. The molecule has 9 heteroatoms. The lowest BCUT2D eigenvalue weighted by Gasteiger charge is -2.31. The molecule has 0 saturated carbocycles. The molecule has 0 atom stereocenters. The number of carbonyl (C=O) groups excluding carboxylic acids is 1. The number of methoxy groups -OCH3 is 1. The third kappa shape index (κ3) is 2.68. The maximum absolute atomic E-state index is 12.2. The normalized spacial score (nSPS) is 13.8. The maximum Gasteiger partial charge on any atom is 0.341 e. The number of aromatic nitrogens is 1. The van der Waals surface area contributed by atoms with Gasteiger partial charge in [0.15, 0.2) is 11.4 Å². The number of carboxylic acid groups (broad SMARTS) is 1. The summed E-state index contributed by atoms with van der Waals surface area (Å²) in [7, 11) is 1.55. The van der Waals surface area contributed by atoms with Crippen molar-refractivity contribution in [3.05, 3.63) is 27.7 Å². The van der Waals surface area contributed by atoms with Crippen LogP contribution in [-0.4, -0.2) is 58.6 Å². The van der Waals surface area contributed by atoms with E-state index in [0.717, 1.165) is 10.9 Å². The second-order valence-corrected chi connectivity index (χ2v) is 4.48. The largest absolute Gasteiger partial charge is 0.502 e. The minimum atomic E-state index is -1.47. The molecule has 0 aliphatic carbocycles. The third-order valence-corrected chi connectivity index (χ3v) is 3.11. The van der Waals surface area contributed by atoms with Crippen molar-refractivity contribution in [2.75, 3.05) is 32.4 Å². The summed E-state index contributed by atoms with van der Waals surface area (Å²) in [6, 6.07) is 0. The highest BCUT2D eigenvalue weighted by molar-refractivity contribution is 5.97. The minimum absolute atomic E-state index is 0.136. The van der Waals surface area contributed by atoms with Gasteiger partial charge >= 0.3 is 5.97 Å². The van der Waals surface area contributed by atoms with Gasteiger partial charge in [-0.15, -0.1) is 0 Å².